The molecule has 0 heterocycles. The summed E-state index contributed by atoms with van der Waals surface area (Å²) in [6.45, 7) is 6.11. The Morgan fingerprint density at radius 1 is 1.17 bits per heavy atom. The first kappa shape index (κ1) is 22.0. The van der Waals surface area contributed by atoms with E-state index in [1.807, 2.05) is 0 Å². The number of hydrogen-bond acceptors (Lipinski definition) is 6. The molecule has 8 heteroatoms. The molecule has 1 rings (SSSR count). The lowest BCUT2D eigenvalue weighted by Crippen LogP contribution is -2.34. The van der Waals surface area contributed by atoms with E-state index in [2.05, 4.69) is 5.32 Å². The van der Waals surface area contributed by atoms with Crippen molar-refractivity contribution in [2.45, 2.75) is 33.0 Å². The molecule has 0 fully saturated rings. The van der Waals surface area contributed by atoms with E-state index in [1.54, 1.807) is 45.0 Å². The zero-order valence-electron chi connectivity index (χ0n) is 14.2. The van der Waals surface area contributed by atoms with Crippen molar-refractivity contribution in [3.05, 3.63) is 29.8 Å². The monoisotopic (exact) mass is 360 g/mol. The Hall–Kier alpha value is -1.99. The summed E-state index contributed by atoms with van der Waals surface area (Å²) in [5.41, 5.74) is 5.47. The smallest absolute Gasteiger partial charge is 0.407 e. The summed E-state index contributed by atoms with van der Waals surface area (Å²) in [6, 6.07) is 7.11. The summed E-state index contributed by atoms with van der Waals surface area (Å²) < 4.78 is 15.5. The van der Waals surface area contributed by atoms with Gasteiger partial charge in [-0.25, -0.2) is 4.79 Å². The van der Waals surface area contributed by atoms with Crippen LogP contribution >= 0.6 is 12.4 Å². The van der Waals surface area contributed by atoms with Crippen LogP contribution in [0.3, 0.4) is 0 Å². The molecular formula is C16H25ClN2O5. The third-order valence-corrected chi connectivity index (χ3v) is 2.53. The van der Waals surface area contributed by atoms with Crippen molar-refractivity contribution in [2.75, 3.05) is 19.7 Å². The van der Waals surface area contributed by atoms with Crippen LogP contribution in [0.5, 0.6) is 5.75 Å². The molecule has 1 amide bonds. The van der Waals surface area contributed by atoms with Gasteiger partial charge < -0.3 is 25.3 Å². The Morgan fingerprint density at radius 3 is 2.33 bits per heavy atom. The van der Waals surface area contributed by atoms with Gasteiger partial charge in [0.15, 0.2) is 0 Å². The Bertz CT molecular complexity index is 514. The van der Waals surface area contributed by atoms with Gasteiger partial charge in [0.2, 0.25) is 0 Å². The quantitative estimate of drug-likeness (QED) is 0.570. The molecule has 0 atom stereocenters. The highest BCUT2D eigenvalue weighted by Gasteiger charge is 2.15. The van der Waals surface area contributed by atoms with E-state index >= 15 is 0 Å². The number of benzene rings is 1. The van der Waals surface area contributed by atoms with Crippen LogP contribution in [-0.2, 0) is 20.9 Å². The molecule has 136 valence electrons. The summed E-state index contributed by atoms with van der Waals surface area (Å²) in [5.74, 6) is 0.212. The number of hydrogen-bond donors (Lipinski definition) is 2. The first-order valence-electron chi connectivity index (χ1n) is 7.34. The third-order valence-electron chi connectivity index (χ3n) is 2.53. The van der Waals surface area contributed by atoms with Crippen LogP contribution in [0.25, 0.3) is 0 Å². The number of alkyl carbamates (subject to hydrolysis) is 1. The van der Waals surface area contributed by atoms with Crippen LogP contribution in [0.1, 0.15) is 26.3 Å². The average Bonchev–Trinajstić information content (AvgIpc) is 2.48. The minimum absolute atomic E-state index is 0. The Labute approximate surface area is 148 Å². The summed E-state index contributed by atoms with van der Waals surface area (Å²) in [5, 5.41) is 2.60. The maximum atomic E-state index is 11.4. The van der Waals surface area contributed by atoms with Gasteiger partial charge in [-0.2, -0.15) is 0 Å². The maximum Gasteiger partial charge on any atom is 0.407 e. The van der Waals surface area contributed by atoms with Gasteiger partial charge in [-0.15, -0.1) is 12.4 Å². The minimum atomic E-state index is -0.520. The summed E-state index contributed by atoms with van der Waals surface area (Å²) in [6.07, 6.45) is -0.474. The second-order valence-corrected chi connectivity index (χ2v) is 5.79. The topological polar surface area (TPSA) is 99.9 Å². The lowest BCUT2D eigenvalue weighted by atomic mass is 10.2. The summed E-state index contributed by atoms with van der Waals surface area (Å²) >= 11 is 0. The predicted molar refractivity (Wildman–Crippen MR) is 92.3 cm³/mol. The summed E-state index contributed by atoms with van der Waals surface area (Å²) in [7, 11) is 0. The van der Waals surface area contributed by atoms with Crippen LogP contribution in [0.2, 0.25) is 0 Å². The fourth-order valence-electron chi connectivity index (χ4n) is 1.54. The molecule has 0 aliphatic rings. The number of nitrogens with one attached hydrogen (secondary N) is 1. The molecule has 1 aromatic carbocycles. The van der Waals surface area contributed by atoms with Crippen molar-refractivity contribution >= 4 is 24.5 Å². The molecule has 0 radical (unpaired) electrons. The van der Waals surface area contributed by atoms with Crippen LogP contribution in [0.15, 0.2) is 24.3 Å². The molecular weight excluding hydrogens is 336 g/mol. The first-order valence-corrected chi connectivity index (χ1v) is 7.34. The standard InChI is InChI=1S/C16H24N2O5.ClH/c1-16(2,3)23-15(20)18-8-9-21-13-6-4-12(5-7-13)11-22-14(19)10-17;/h4-7H,8-11,17H2,1-3H3,(H,18,20);1H. The first-order chi connectivity index (χ1) is 10.8. The highest BCUT2D eigenvalue weighted by molar-refractivity contribution is 5.85. The number of carbonyl (C=O) groups is 2. The molecule has 0 unspecified atom stereocenters. The summed E-state index contributed by atoms with van der Waals surface area (Å²) in [4.78, 5) is 22.4. The number of nitrogens with two attached hydrogens (primary N) is 1. The van der Waals surface area contributed by atoms with Gasteiger partial charge in [-0.3, -0.25) is 4.79 Å². The van der Waals surface area contributed by atoms with Crippen molar-refractivity contribution in [1.29, 1.82) is 0 Å². The van der Waals surface area contributed by atoms with E-state index < -0.39 is 17.7 Å². The number of amides is 1. The number of rotatable bonds is 7. The Kier molecular flexibility index (Phi) is 9.83. The van der Waals surface area contributed by atoms with Crippen molar-refractivity contribution < 1.29 is 23.8 Å². The van der Waals surface area contributed by atoms with E-state index in [-0.39, 0.29) is 25.6 Å². The molecule has 7 nitrogen and oxygen atoms in total. The van der Waals surface area contributed by atoms with Crippen molar-refractivity contribution in [3.63, 3.8) is 0 Å². The van der Waals surface area contributed by atoms with Gasteiger partial charge in [0, 0.05) is 0 Å². The molecule has 0 spiro atoms. The predicted octanol–water partition coefficient (Wildman–Crippen LogP) is 2.01. The molecule has 0 aliphatic heterocycles. The van der Waals surface area contributed by atoms with E-state index in [4.69, 9.17) is 19.9 Å². The van der Waals surface area contributed by atoms with E-state index in [0.717, 1.165) is 5.56 Å². The third kappa shape index (κ3) is 9.91. The molecule has 0 aliphatic carbocycles. The maximum absolute atomic E-state index is 11.4. The fourth-order valence-corrected chi connectivity index (χ4v) is 1.54. The average molecular weight is 361 g/mol. The largest absolute Gasteiger partial charge is 0.492 e. The van der Waals surface area contributed by atoms with Gasteiger partial charge in [0.05, 0.1) is 13.1 Å². The van der Waals surface area contributed by atoms with Crippen LogP contribution in [-0.4, -0.2) is 37.4 Å². The molecule has 3 N–H and O–H groups in total. The number of halogens is 1. The molecule has 0 bridgehead atoms. The number of carbonyl (C=O) groups excluding carboxylic acids is 2. The van der Waals surface area contributed by atoms with Crippen molar-refractivity contribution in [3.8, 4) is 5.75 Å². The highest BCUT2D eigenvalue weighted by Crippen LogP contribution is 2.12. The highest BCUT2D eigenvalue weighted by atomic mass is 35.5. The second-order valence-electron chi connectivity index (χ2n) is 5.79. The van der Waals surface area contributed by atoms with Gasteiger partial charge in [0.25, 0.3) is 0 Å². The zero-order chi connectivity index (χ0) is 17.3. The van der Waals surface area contributed by atoms with Crippen LogP contribution in [0.4, 0.5) is 4.79 Å². The molecule has 24 heavy (non-hydrogen) atoms. The van der Waals surface area contributed by atoms with E-state index in [9.17, 15) is 9.59 Å². The van der Waals surface area contributed by atoms with Crippen molar-refractivity contribution in [2.24, 2.45) is 5.73 Å². The number of esters is 1. The van der Waals surface area contributed by atoms with E-state index in [0.29, 0.717) is 18.9 Å². The minimum Gasteiger partial charge on any atom is -0.492 e. The Morgan fingerprint density at radius 2 is 1.79 bits per heavy atom. The number of ether oxygens (including phenoxy) is 3. The second kappa shape index (κ2) is 10.7. The molecule has 0 saturated heterocycles. The van der Waals surface area contributed by atoms with Gasteiger partial charge in [-0.05, 0) is 38.5 Å². The van der Waals surface area contributed by atoms with Gasteiger partial charge >= 0.3 is 12.1 Å². The van der Waals surface area contributed by atoms with Crippen LogP contribution in [0, 0.1) is 0 Å². The molecule has 0 saturated carbocycles. The van der Waals surface area contributed by atoms with E-state index in [1.165, 1.54) is 0 Å². The molecule has 1 aromatic rings. The lowest BCUT2D eigenvalue weighted by molar-refractivity contribution is -0.143. The lowest BCUT2D eigenvalue weighted by Gasteiger charge is -2.19. The van der Waals surface area contributed by atoms with Gasteiger partial charge in [-0.1, -0.05) is 12.1 Å². The zero-order valence-corrected chi connectivity index (χ0v) is 15.0. The van der Waals surface area contributed by atoms with Gasteiger partial charge in [0.1, 0.15) is 24.6 Å². The normalized spacial score (nSPS) is 10.3. The fraction of sp³-hybridized carbons (Fsp3) is 0.500. The SMILES string of the molecule is CC(C)(C)OC(=O)NCCOc1ccc(COC(=O)CN)cc1.Cl. The molecule has 0 aromatic heterocycles. The van der Waals surface area contributed by atoms with Crippen molar-refractivity contribution in [1.82, 2.24) is 5.32 Å². The van der Waals surface area contributed by atoms with Crippen LogP contribution < -0.4 is 15.8 Å². The Balaban J connectivity index is 0.00000529.